The molecule has 8 nitrogen and oxygen atoms in total. The van der Waals surface area contributed by atoms with Gasteiger partial charge in [-0.3, -0.25) is 14.6 Å². The van der Waals surface area contributed by atoms with Gasteiger partial charge in [-0.25, -0.2) is 8.42 Å². The molecule has 2 aromatic heterocycles. The monoisotopic (exact) mass is 346 g/mol. The fourth-order valence-corrected chi connectivity index (χ4v) is 2.64. The van der Waals surface area contributed by atoms with Gasteiger partial charge in [-0.05, 0) is 24.3 Å². The summed E-state index contributed by atoms with van der Waals surface area (Å²) in [6, 6.07) is 11.5. The Hall–Kier alpha value is -3.07. The van der Waals surface area contributed by atoms with E-state index in [2.05, 4.69) is 20.2 Å². The third kappa shape index (κ3) is 3.63. The molecule has 124 valence electrons. The number of furan rings is 1. The summed E-state index contributed by atoms with van der Waals surface area (Å²) in [6.45, 7) is 0. The third-order valence-electron chi connectivity index (χ3n) is 3.07. The number of sulfonamides is 1. The molecule has 3 rings (SSSR count). The zero-order valence-electron chi connectivity index (χ0n) is 12.6. The average Bonchev–Trinajstić information content (AvgIpc) is 3.18. The van der Waals surface area contributed by atoms with E-state index < -0.39 is 15.9 Å². The Bertz CT molecular complexity index is 961. The number of aromatic amines is 1. The molecule has 0 unspecified atom stereocenters. The van der Waals surface area contributed by atoms with E-state index in [0.29, 0.717) is 17.1 Å². The van der Waals surface area contributed by atoms with Gasteiger partial charge in [0.05, 0.1) is 23.9 Å². The maximum Gasteiger partial charge on any atom is 0.276 e. The van der Waals surface area contributed by atoms with Crippen molar-refractivity contribution in [2.75, 3.05) is 16.3 Å². The number of rotatable bonds is 5. The summed E-state index contributed by atoms with van der Waals surface area (Å²) in [5.41, 5.74) is 1.31. The van der Waals surface area contributed by atoms with E-state index in [1.807, 2.05) is 0 Å². The number of hydrogen-bond donors (Lipinski definition) is 3. The lowest BCUT2D eigenvalue weighted by Crippen LogP contribution is -2.16. The lowest BCUT2D eigenvalue weighted by atomic mass is 10.2. The molecule has 2 heterocycles. The molecule has 0 aliphatic carbocycles. The molecule has 0 aliphatic heterocycles. The Morgan fingerprint density at radius 1 is 1.17 bits per heavy atom. The van der Waals surface area contributed by atoms with Gasteiger partial charge in [-0.2, -0.15) is 5.10 Å². The topological polar surface area (TPSA) is 117 Å². The van der Waals surface area contributed by atoms with E-state index in [0.717, 1.165) is 6.26 Å². The highest BCUT2D eigenvalue weighted by molar-refractivity contribution is 7.92. The van der Waals surface area contributed by atoms with Gasteiger partial charge < -0.3 is 9.73 Å². The fourth-order valence-electron chi connectivity index (χ4n) is 2.06. The first-order valence-electron chi connectivity index (χ1n) is 6.90. The van der Waals surface area contributed by atoms with Crippen LogP contribution in [0.2, 0.25) is 0 Å². The quantitative estimate of drug-likeness (QED) is 0.655. The summed E-state index contributed by atoms with van der Waals surface area (Å²) in [7, 11) is -3.46. The van der Waals surface area contributed by atoms with E-state index in [4.69, 9.17) is 4.42 Å². The van der Waals surface area contributed by atoms with Crippen molar-refractivity contribution in [3.05, 3.63) is 54.4 Å². The van der Waals surface area contributed by atoms with Crippen LogP contribution in [0.5, 0.6) is 0 Å². The minimum absolute atomic E-state index is 0.149. The number of nitrogens with zero attached hydrogens (tertiary/aromatic N) is 1. The normalized spacial score (nSPS) is 11.2. The van der Waals surface area contributed by atoms with Gasteiger partial charge in [0, 0.05) is 6.07 Å². The summed E-state index contributed by atoms with van der Waals surface area (Å²) < 4.78 is 30.4. The van der Waals surface area contributed by atoms with Gasteiger partial charge in [-0.15, -0.1) is 0 Å². The van der Waals surface area contributed by atoms with Crippen LogP contribution >= 0.6 is 0 Å². The molecule has 9 heteroatoms. The molecule has 0 fully saturated rings. The summed E-state index contributed by atoms with van der Waals surface area (Å²) in [4.78, 5) is 12.3. The minimum atomic E-state index is -3.46. The van der Waals surface area contributed by atoms with Crippen molar-refractivity contribution in [3.8, 4) is 11.5 Å². The Kier molecular flexibility index (Phi) is 4.09. The Morgan fingerprint density at radius 3 is 2.58 bits per heavy atom. The van der Waals surface area contributed by atoms with E-state index >= 15 is 0 Å². The van der Waals surface area contributed by atoms with Gasteiger partial charge in [0.15, 0.2) is 11.5 Å². The first-order chi connectivity index (χ1) is 11.4. The van der Waals surface area contributed by atoms with Crippen molar-refractivity contribution in [3.63, 3.8) is 0 Å². The van der Waals surface area contributed by atoms with E-state index in [1.54, 1.807) is 42.5 Å². The molecule has 0 saturated carbocycles. The van der Waals surface area contributed by atoms with Gasteiger partial charge in [-0.1, -0.05) is 12.1 Å². The molecule has 0 saturated heterocycles. The van der Waals surface area contributed by atoms with Crippen LogP contribution in [-0.4, -0.2) is 30.8 Å². The van der Waals surface area contributed by atoms with Crippen LogP contribution in [0, 0.1) is 0 Å². The van der Waals surface area contributed by atoms with E-state index in [1.165, 1.54) is 6.26 Å². The fraction of sp³-hybridized carbons (Fsp3) is 0.0667. The summed E-state index contributed by atoms with van der Waals surface area (Å²) in [5.74, 6) is 0.0764. The van der Waals surface area contributed by atoms with Crippen molar-refractivity contribution < 1.29 is 17.6 Å². The minimum Gasteiger partial charge on any atom is -0.463 e. The SMILES string of the molecule is CS(=O)(=O)Nc1ccccc1NC(=O)c1cc(-c2ccco2)[nH]n1. The Morgan fingerprint density at radius 2 is 1.92 bits per heavy atom. The van der Waals surface area contributed by atoms with Crippen molar-refractivity contribution in [2.45, 2.75) is 0 Å². The van der Waals surface area contributed by atoms with Crippen molar-refractivity contribution in [1.82, 2.24) is 10.2 Å². The highest BCUT2D eigenvalue weighted by Crippen LogP contribution is 2.23. The molecule has 24 heavy (non-hydrogen) atoms. The second-order valence-electron chi connectivity index (χ2n) is 5.02. The first-order valence-corrected chi connectivity index (χ1v) is 8.79. The van der Waals surface area contributed by atoms with E-state index in [9.17, 15) is 13.2 Å². The molecule has 0 bridgehead atoms. The number of carbonyl (C=O) groups excluding carboxylic acids is 1. The molecule has 0 radical (unpaired) electrons. The number of aromatic nitrogens is 2. The molecule has 0 spiro atoms. The number of carbonyl (C=O) groups is 1. The van der Waals surface area contributed by atoms with Crippen LogP contribution in [0.15, 0.2) is 53.1 Å². The zero-order valence-corrected chi connectivity index (χ0v) is 13.4. The maximum absolute atomic E-state index is 12.3. The second-order valence-corrected chi connectivity index (χ2v) is 6.77. The predicted octanol–water partition coefficient (Wildman–Crippen LogP) is 2.29. The van der Waals surface area contributed by atoms with Crippen LogP contribution in [0.3, 0.4) is 0 Å². The lowest BCUT2D eigenvalue weighted by Gasteiger charge is -2.10. The summed E-state index contributed by atoms with van der Waals surface area (Å²) in [6.07, 6.45) is 2.55. The molecular weight excluding hydrogens is 332 g/mol. The summed E-state index contributed by atoms with van der Waals surface area (Å²) in [5, 5.41) is 9.28. The zero-order chi connectivity index (χ0) is 17.2. The van der Waals surface area contributed by atoms with Crippen molar-refractivity contribution in [1.29, 1.82) is 0 Å². The first kappa shape index (κ1) is 15.8. The highest BCUT2D eigenvalue weighted by Gasteiger charge is 2.15. The van der Waals surface area contributed by atoms with Crippen LogP contribution < -0.4 is 10.0 Å². The largest absolute Gasteiger partial charge is 0.463 e. The summed E-state index contributed by atoms with van der Waals surface area (Å²) >= 11 is 0. The van der Waals surface area contributed by atoms with E-state index in [-0.39, 0.29) is 11.4 Å². The Balaban J connectivity index is 1.81. The lowest BCUT2D eigenvalue weighted by molar-refractivity contribution is 0.102. The average molecular weight is 346 g/mol. The molecule has 1 aromatic carbocycles. The third-order valence-corrected chi connectivity index (χ3v) is 3.66. The number of benzene rings is 1. The van der Waals surface area contributed by atoms with Crippen molar-refractivity contribution >= 4 is 27.3 Å². The molecule has 0 aliphatic rings. The van der Waals surface area contributed by atoms with Crippen LogP contribution in [0.4, 0.5) is 11.4 Å². The van der Waals surface area contributed by atoms with Gasteiger partial charge >= 0.3 is 0 Å². The smallest absolute Gasteiger partial charge is 0.276 e. The number of hydrogen-bond acceptors (Lipinski definition) is 5. The van der Waals surface area contributed by atoms with Crippen LogP contribution in [-0.2, 0) is 10.0 Å². The Labute approximate surface area is 137 Å². The molecular formula is C15H14N4O4S. The molecule has 0 atom stereocenters. The standard InChI is InChI=1S/C15H14N4O4S/c1-24(21,22)19-11-6-3-2-5-10(11)16-15(20)13-9-12(17-18-13)14-7-4-8-23-14/h2-9,19H,1H3,(H,16,20)(H,17,18). The van der Waals surface area contributed by atoms with Gasteiger partial charge in [0.25, 0.3) is 5.91 Å². The molecule has 3 aromatic rings. The number of amides is 1. The number of para-hydroxylation sites is 2. The second kappa shape index (κ2) is 6.20. The number of anilines is 2. The molecule has 1 amide bonds. The highest BCUT2D eigenvalue weighted by atomic mass is 32.2. The predicted molar refractivity (Wildman–Crippen MR) is 89.2 cm³/mol. The van der Waals surface area contributed by atoms with Crippen molar-refractivity contribution in [2.24, 2.45) is 0 Å². The van der Waals surface area contributed by atoms with Gasteiger partial charge in [0.1, 0.15) is 5.69 Å². The maximum atomic E-state index is 12.3. The van der Waals surface area contributed by atoms with Crippen LogP contribution in [0.25, 0.3) is 11.5 Å². The number of nitrogens with one attached hydrogen (secondary N) is 3. The number of H-pyrrole nitrogens is 1. The van der Waals surface area contributed by atoms with Crippen LogP contribution in [0.1, 0.15) is 10.5 Å². The van der Waals surface area contributed by atoms with Gasteiger partial charge in [0.2, 0.25) is 10.0 Å². The molecule has 3 N–H and O–H groups in total.